The van der Waals surface area contributed by atoms with Crippen LogP contribution in [0.25, 0.3) is 11.1 Å². The maximum absolute atomic E-state index is 14.0. The molecule has 0 saturated carbocycles. The van der Waals surface area contributed by atoms with Gasteiger partial charge in [-0.25, -0.2) is 9.59 Å². The second-order valence-corrected chi connectivity index (χ2v) is 12.3. The molecule has 3 rings (SSSR count). The number of nitrogens with zero attached hydrogens (tertiary/aromatic N) is 1. The van der Waals surface area contributed by atoms with Crippen molar-refractivity contribution in [1.82, 2.24) is 10.2 Å². The SMILES string of the molecule is CO[C@]1(c2ccc(-c3ccccc3)cc2)CN(C(=O)C(NC(=O)OC(C)(C)C)C(C)(C)C)[C@](C)(C(=O)O)C1. The molecule has 206 valence electrons. The van der Waals surface area contributed by atoms with E-state index in [0.29, 0.717) is 0 Å². The molecule has 2 N–H and O–H groups in total. The van der Waals surface area contributed by atoms with Crippen molar-refractivity contribution < 1.29 is 29.0 Å². The zero-order valence-electron chi connectivity index (χ0n) is 23.6. The van der Waals surface area contributed by atoms with Crippen molar-refractivity contribution in [3.63, 3.8) is 0 Å². The average molecular weight is 525 g/mol. The van der Waals surface area contributed by atoms with Gasteiger partial charge in [0.1, 0.15) is 22.8 Å². The topological polar surface area (TPSA) is 105 Å². The van der Waals surface area contributed by atoms with E-state index in [1.807, 2.05) is 75.4 Å². The Bertz CT molecular complexity index is 1170. The molecule has 2 amide bonds. The molecule has 38 heavy (non-hydrogen) atoms. The molecule has 1 aliphatic heterocycles. The van der Waals surface area contributed by atoms with Crippen LogP contribution in [0.3, 0.4) is 0 Å². The summed E-state index contributed by atoms with van der Waals surface area (Å²) in [6.45, 7) is 12.2. The molecule has 0 spiro atoms. The number of likely N-dealkylation sites (tertiary alicyclic amines) is 1. The van der Waals surface area contributed by atoms with Gasteiger partial charge in [0.2, 0.25) is 5.91 Å². The van der Waals surface area contributed by atoms with Crippen molar-refractivity contribution >= 4 is 18.0 Å². The van der Waals surface area contributed by atoms with E-state index in [1.54, 1.807) is 20.8 Å². The van der Waals surface area contributed by atoms with Gasteiger partial charge in [0.25, 0.3) is 0 Å². The third-order valence-corrected chi connectivity index (χ3v) is 7.05. The van der Waals surface area contributed by atoms with Crippen LogP contribution in [-0.4, -0.2) is 58.8 Å². The Morgan fingerprint density at radius 1 is 0.947 bits per heavy atom. The maximum atomic E-state index is 14.0. The Balaban J connectivity index is 1.98. The first-order valence-electron chi connectivity index (χ1n) is 12.8. The molecular weight excluding hydrogens is 484 g/mol. The molecule has 0 bridgehead atoms. The Labute approximate surface area is 225 Å². The quantitative estimate of drug-likeness (QED) is 0.538. The average Bonchev–Trinajstić information content (AvgIpc) is 3.16. The fourth-order valence-corrected chi connectivity index (χ4v) is 4.92. The maximum Gasteiger partial charge on any atom is 0.408 e. The Hall–Kier alpha value is -3.39. The first kappa shape index (κ1) is 29.2. The van der Waals surface area contributed by atoms with Crippen molar-refractivity contribution in [3.05, 3.63) is 60.2 Å². The smallest absolute Gasteiger partial charge is 0.408 e. The zero-order valence-corrected chi connectivity index (χ0v) is 23.6. The van der Waals surface area contributed by atoms with Crippen LogP contribution in [0.1, 0.15) is 60.5 Å². The van der Waals surface area contributed by atoms with Crippen molar-refractivity contribution in [2.45, 2.75) is 77.7 Å². The highest BCUT2D eigenvalue weighted by Crippen LogP contribution is 2.46. The minimum absolute atomic E-state index is 0.0123. The molecule has 2 aromatic carbocycles. The number of amides is 2. The van der Waals surface area contributed by atoms with Crippen LogP contribution in [0.4, 0.5) is 4.79 Å². The summed E-state index contributed by atoms with van der Waals surface area (Å²) in [6, 6.07) is 16.7. The van der Waals surface area contributed by atoms with Gasteiger partial charge in [0.15, 0.2) is 0 Å². The summed E-state index contributed by atoms with van der Waals surface area (Å²) >= 11 is 0. The third-order valence-electron chi connectivity index (χ3n) is 7.05. The van der Waals surface area contributed by atoms with Crippen molar-refractivity contribution in [1.29, 1.82) is 0 Å². The lowest BCUT2D eigenvalue weighted by Gasteiger charge is -2.38. The van der Waals surface area contributed by atoms with E-state index < -0.39 is 46.2 Å². The predicted molar refractivity (Wildman–Crippen MR) is 146 cm³/mol. The van der Waals surface area contributed by atoms with Gasteiger partial charge in [-0.2, -0.15) is 0 Å². The molecule has 8 nitrogen and oxygen atoms in total. The van der Waals surface area contributed by atoms with Gasteiger partial charge in [-0.3, -0.25) is 4.79 Å². The van der Waals surface area contributed by atoms with Crippen LogP contribution < -0.4 is 5.32 Å². The van der Waals surface area contributed by atoms with Crippen LogP contribution in [0.2, 0.25) is 0 Å². The van der Waals surface area contributed by atoms with E-state index in [2.05, 4.69) is 5.32 Å². The minimum atomic E-state index is -1.57. The van der Waals surface area contributed by atoms with E-state index in [9.17, 15) is 19.5 Å². The highest BCUT2D eigenvalue weighted by Gasteiger charge is 2.59. The summed E-state index contributed by atoms with van der Waals surface area (Å²) in [7, 11) is 1.53. The van der Waals surface area contributed by atoms with Crippen LogP contribution in [-0.2, 0) is 24.7 Å². The number of carbonyl (C=O) groups is 3. The van der Waals surface area contributed by atoms with Gasteiger partial charge < -0.3 is 24.8 Å². The van der Waals surface area contributed by atoms with Gasteiger partial charge in [0.05, 0.1) is 6.54 Å². The summed E-state index contributed by atoms with van der Waals surface area (Å²) in [5.74, 6) is -1.65. The molecule has 0 aliphatic carbocycles. The lowest BCUT2D eigenvalue weighted by molar-refractivity contribution is -0.157. The molecule has 1 unspecified atom stereocenters. The first-order valence-corrected chi connectivity index (χ1v) is 12.8. The van der Waals surface area contributed by atoms with Crippen molar-refractivity contribution in [2.75, 3.05) is 13.7 Å². The number of carboxylic acid groups (broad SMARTS) is 1. The molecule has 1 heterocycles. The highest BCUT2D eigenvalue weighted by molar-refractivity contribution is 5.92. The Morgan fingerprint density at radius 3 is 1.97 bits per heavy atom. The number of rotatable bonds is 6. The number of methoxy groups -OCH3 is 1. The molecule has 8 heteroatoms. The van der Waals surface area contributed by atoms with Gasteiger partial charge >= 0.3 is 12.1 Å². The Morgan fingerprint density at radius 2 is 1.50 bits per heavy atom. The molecule has 0 radical (unpaired) electrons. The molecule has 1 aliphatic rings. The van der Waals surface area contributed by atoms with Gasteiger partial charge in [-0.05, 0) is 49.8 Å². The number of hydrogen-bond acceptors (Lipinski definition) is 5. The summed E-state index contributed by atoms with van der Waals surface area (Å²) < 4.78 is 11.4. The number of alkyl carbamates (subject to hydrolysis) is 1. The number of aliphatic carboxylic acids is 1. The van der Waals surface area contributed by atoms with Crippen LogP contribution >= 0.6 is 0 Å². The largest absolute Gasteiger partial charge is 0.480 e. The molecular formula is C30H40N2O6. The molecule has 0 aromatic heterocycles. The Kier molecular flexibility index (Phi) is 7.99. The van der Waals surface area contributed by atoms with E-state index in [1.165, 1.54) is 18.9 Å². The number of carbonyl (C=O) groups excluding carboxylic acids is 2. The van der Waals surface area contributed by atoms with Gasteiger partial charge in [-0.15, -0.1) is 0 Å². The van der Waals surface area contributed by atoms with Crippen LogP contribution in [0.5, 0.6) is 0 Å². The number of hydrogen-bond donors (Lipinski definition) is 2. The summed E-state index contributed by atoms with van der Waals surface area (Å²) in [5, 5.41) is 13.0. The zero-order chi connectivity index (χ0) is 28.5. The predicted octanol–water partition coefficient (Wildman–Crippen LogP) is 5.21. The van der Waals surface area contributed by atoms with Crippen LogP contribution in [0, 0.1) is 5.41 Å². The lowest BCUT2D eigenvalue weighted by Crippen LogP contribution is -2.60. The fraction of sp³-hybridized carbons (Fsp3) is 0.500. The molecule has 2 aromatic rings. The summed E-state index contributed by atoms with van der Waals surface area (Å²) in [5.41, 5.74) is -1.24. The summed E-state index contributed by atoms with van der Waals surface area (Å²) in [6.07, 6.45) is -0.692. The molecule has 1 fully saturated rings. The van der Waals surface area contributed by atoms with E-state index in [0.717, 1.165) is 16.7 Å². The lowest BCUT2D eigenvalue weighted by atomic mass is 9.84. The third kappa shape index (κ3) is 6.01. The van der Waals surface area contributed by atoms with E-state index >= 15 is 0 Å². The number of benzene rings is 2. The van der Waals surface area contributed by atoms with E-state index in [-0.39, 0.29) is 13.0 Å². The number of carboxylic acids is 1. The van der Waals surface area contributed by atoms with Gasteiger partial charge in [-0.1, -0.05) is 75.4 Å². The second kappa shape index (κ2) is 10.4. The molecule has 3 atom stereocenters. The first-order chi connectivity index (χ1) is 17.5. The molecule has 1 saturated heterocycles. The minimum Gasteiger partial charge on any atom is -0.480 e. The monoisotopic (exact) mass is 524 g/mol. The standard InChI is InChI=1S/C30H40N2O6/c1-27(2,3)23(31-26(36)38-28(4,5)6)24(33)32-19-30(37-8,18-29(32,7)25(34)35)22-16-14-21(15-17-22)20-12-10-9-11-13-20/h9-17,23H,18-19H2,1-8H3,(H,31,36)(H,34,35)/t23?,29-,30-/m0/s1. The fourth-order valence-electron chi connectivity index (χ4n) is 4.92. The number of nitrogens with one attached hydrogen (secondary N) is 1. The van der Waals surface area contributed by atoms with Crippen molar-refractivity contribution in [2.24, 2.45) is 5.41 Å². The van der Waals surface area contributed by atoms with Crippen LogP contribution in [0.15, 0.2) is 54.6 Å². The second-order valence-electron chi connectivity index (χ2n) is 12.3. The van der Waals surface area contributed by atoms with Gasteiger partial charge in [0, 0.05) is 13.5 Å². The number of ether oxygens (including phenoxy) is 2. The highest BCUT2D eigenvalue weighted by atomic mass is 16.6. The normalized spacial score (nSPS) is 22.6. The van der Waals surface area contributed by atoms with E-state index in [4.69, 9.17) is 9.47 Å². The van der Waals surface area contributed by atoms with Crippen molar-refractivity contribution in [3.8, 4) is 11.1 Å². The summed E-state index contributed by atoms with van der Waals surface area (Å²) in [4.78, 5) is 40.6.